The van der Waals surface area contributed by atoms with Crippen LogP contribution in [0.15, 0.2) is 6.20 Å². The monoisotopic (exact) mass is 180 g/mol. The van der Waals surface area contributed by atoms with Crippen molar-refractivity contribution in [1.82, 2.24) is 20.3 Å². The molecule has 0 aliphatic carbocycles. The molecule has 0 saturated carbocycles. The highest BCUT2D eigenvalue weighted by atomic mass is 15.5. The second kappa shape index (κ2) is 3.87. The number of piperidine rings is 1. The molecule has 0 amide bonds. The van der Waals surface area contributed by atoms with Gasteiger partial charge in [0.2, 0.25) is 0 Å². The zero-order valence-electron chi connectivity index (χ0n) is 8.03. The molecule has 1 N–H and O–H groups in total. The maximum absolute atomic E-state index is 4.42. The Kier molecular flexibility index (Phi) is 2.59. The van der Waals surface area contributed by atoms with Gasteiger partial charge in [0.25, 0.3) is 0 Å². The van der Waals surface area contributed by atoms with Crippen LogP contribution in [0.2, 0.25) is 0 Å². The van der Waals surface area contributed by atoms with Gasteiger partial charge in [-0.05, 0) is 26.3 Å². The molecule has 1 saturated heterocycles. The Hall–Kier alpha value is -0.900. The molecule has 1 aliphatic heterocycles. The lowest BCUT2D eigenvalue weighted by atomic mass is 9.97. The van der Waals surface area contributed by atoms with Crippen LogP contribution in [0.3, 0.4) is 0 Å². The molecule has 4 nitrogen and oxygen atoms in total. The summed E-state index contributed by atoms with van der Waals surface area (Å²) in [6.07, 6.45) is 4.40. The summed E-state index contributed by atoms with van der Waals surface area (Å²) in [6.45, 7) is 5.13. The Morgan fingerprint density at radius 1 is 1.69 bits per heavy atom. The first-order valence-electron chi connectivity index (χ1n) is 5.01. The first-order chi connectivity index (χ1) is 6.40. The number of hydrogen-bond acceptors (Lipinski definition) is 3. The molecule has 1 atom stereocenters. The third kappa shape index (κ3) is 1.88. The SMILES string of the molecule is CCn1ncc(C2CCCNC2)n1. The van der Waals surface area contributed by atoms with Crippen LogP contribution < -0.4 is 5.32 Å². The van der Waals surface area contributed by atoms with E-state index in [2.05, 4.69) is 22.4 Å². The fourth-order valence-electron chi connectivity index (χ4n) is 1.75. The Labute approximate surface area is 78.3 Å². The number of rotatable bonds is 2. The van der Waals surface area contributed by atoms with Crippen molar-refractivity contribution in [3.63, 3.8) is 0 Å². The summed E-state index contributed by atoms with van der Waals surface area (Å²) in [6, 6.07) is 0. The van der Waals surface area contributed by atoms with Crippen molar-refractivity contribution < 1.29 is 0 Å². The van der Waals surface area contributed by atoms with Crippen molar-refractivity contribution in [1.29, 1.82) is 0 Å². The van der Waals surface area contributed by atoms with Crippen molar-refractivity contribution in [2.24, 2.45) is 0 Å². The fourth-order valence-corrected chi connectivity index (χ4v) is 1.75. The molecule has 72 valence electrons. The van der Waals surface area contributed by atoms with E-state index >= 15 is 0 Å². The van der Waals surface area contributed by atoms with Gasteiger partial charge in [0, 0.05) is 12.5 Å². The van der Waals surface area contributed by atoms with E-state index in [1.54, 1.807) is 4.80 Å². The van der Waals surface area contributed by atoms with Crippen LogP contribution in [0, 0.1) is 0 Å². The van der Waals surface area contributed by atoms with Crippen molar-refractivity contribution >= 4 is 0 Å². The number of aromatic nitrogens is 3. The van der Waals surface area contributed by atoms with Gasteiger partial charge in [-0.1, -0.05) is 0 Å². The molecule has 0 spiro atoms. The standard InChI is InChI=1S/C9H16N4/c1-2-13-11-7-9(12-13)8-4-3-5-10-6-8/h7-8,10H,2-6H2,1H3. The molecule has 2 heterocycles. The number of hydrogen-bond donors (Lipinski definition) is 1. The van der Waals surface area contributed by atoms with E-state index in [1.807, 2.05) is 6.20 Å². The lowest BCUT2D eigenvalue weighted by molar-refractivity contribution is 0.448. The molecule has 1 fully saturated rings. The van der Waals surface area contributed by atoms with Gasteiger partial charge in [0.15, 0.2) is 0 Å². The fraction of sp³-hybridized carbons (Fsp3) is 0.778. The molecule has 0 bridgehead atoms. The summed E-state index contributed by atoms with van der Waals surface area (Å²) < 4.78 is 0. The zero-order chi connectivity index (χ0) is 9.10. The molecule has 4 heteroatoms. The first-order valence-corrected chi connectivity index (χ1v) is 5.01. The molecule has 1 aliphatic rings. The van der Waals surface area contributed by atoms with Crippen molar-refractivity contribution in [2.75, 3.05) is 13.1 Å². The van der Waals surface area contributed by atoms with Crippen LogP contribution >= 0.6 is 0 Å². The van der Waals surface area contributed by atoms with Crippen LogP contribution in [0.1, 0.15) is 31.4 Å². The average Bonchev–Trinajstić information content (AvgIpc) is 2.67. The average molecular weight is 180 g/mol. The van der Waals surface area contributed by atoms with Gasteiger partial charge >= 0.3 is 0 Å². The van der Waals surface area contributed by atoms with Crippen LogP contribution in [0.5, 0.6) is 0 Å². The van der Waals surface area contributed by atoms with E-state index in [9.17, 15) is 0 Å². The van der Waals surface area contributed by atoms with Gasteiger partial charge in [-0.3, -0.25) is 0 Å². The van der Waals surface area contributed by atoms with Gasteiger partial charge in [-0.15, -0.1) is 0 Å². The van der Waals surface area contributed by atoms with Gasteiger partial charge in [-0.25, -0.2) is 0 Å². The molecule has 2 rings (SSSR count). The lowest BCUT2D eigenvalue weighted by Gasteiger charge is -2.20. The third-order valence-electron chi connectivity index (χ3n) is 2.55. The second-order valence-corrected chi connectivity index (χ2v) is 3.50. The van der Waals surface area contributed by atoms with E-state index < -0.39 is 0 Å². The predicted octanol–water partition coefficient (Wildman–Crippen LogP) is 0.765. The molecular weight excluding hydrogens is 164 g/mol. The van der Waals surface area contributed by atoms with Crippen LogP contribution in [-0.4, -0.2) is 28.1 Å². The minimum Gasteiger partial charge on any atom is -0.316 e. The smallest absolute Gasteiger partial charge is 0.0870 e. The van der Waals surface area contributed by atoms with E-state index in [0.717, 1.165) is 25.3 Å². The Morgan fingerprint density at radius 3 is 3.23 bits per heavy atom. The summed E-state index contributed by atoms with van der Waals surface area (Å²) in [5, 5.41) is 12.0. The van der Waals surface area contributed by atoms with E-state index in [0.29, 0.717) is 5.92 Å². The molecule has 1 aromatic heterocycles. The first kappa shape index (κ1) is 8.69. The number of nitrogens with one attached hydrogen (secondary N) is 1. The predicted molar refractivity (Wildman–Crippen MR) is 50.5 cm³/mol. The normalized spacial score (nSPS) is 23.3. The van der Waals surface area contributed by atoms with Crippen LogP contribution in [0.25, 0.3) is 0 Å². The Balaban J connectivity index is 2.05. The van der Waals surface area contributed by atoms with Crippen LogP contribution in [0.4, 0.5) is 0 Å². The maximum atomic E-state index is 4.42. The third-order valence-corrected chi connectivity index (χ3v) is 2.55. The number of aryl methyl sites for hydroxylation is 1. The molecule has 1 unspecified atom stereocenters. The largest absolute Gasteiger partial charge is 0.316 e. The van der Waals surface area contributed by atoms with E-state index in [4.69, 9.17) is 0 Å². The molecule has 0 aromatic carbocycles. The summed E-state index contributed by atoms with van der Waals surface area (Å²) in [7, 11) is 0. The van der Waals surface area contributed by atoms with Crippen molar-refractivity contribution in [3.05, 3.63) is 11.9 Å². The molecule has 0 radical (unpaired) electrons. The van der Waals surface area contributed by atoms with Gasteiger partial charge in [0.1, 0.15) is 0 Å². The highest BCUT2D eigenvalue weighted by Gasteiger charge is 2.17. The van der Waals surface area contributed by atoms with Crippen LogP contribution in [-0.2, 0) is 6.54 Å². The number of nitrogens with zero attached hydrogens (tertiary/aromatic N) is 3. The lowest BCUT2D eigenvalue weighted by Crippen LogP contribution is -2.28. The minimum atomic E-state index is 0.578. The minimum absolute atomic E-state index is 0.578. The topological polar surface area (TPSA) is 42.7 Å². The molecular formula is C9H16N4. The zero-order valence-corrected chi connectivity index (χ0v) is 8.03. The van der Waals surface area contributed by atoms with E-state index in [1.165, 1.54) is 12.8 Å². The quantitative estimate of drug-likeness (QED) is 0.731. The molecule has 13 heavy (non-hydrogen) atoms. The molecule has 1 aromatic rings. The van der Waals surface area contributed by atoms with Crippen molar-refractivity contribution in [2.45, 2.75) is 32.2 Å². The highest BCUT2D eigenvalue weighted by Crippen LogP contribution is 2.20. The summed E-state index contributed by atoms with van der Waals surface area (Å²) >= 11 is 0. The summed E-state index contributed by atoms with van der Waals surface area (Å²) in [5.74, 6) is 0.578. The maximum Gasteiger partial charge on any atom is 0.0870 e. The Bertz CT molecular complexity index is 262. The summed E-state index contributed by atoms with van der Waals surface area (Å²) in [5.41, 5.74) is 1.15. The highest BCUT2D eigenvalue weighted by molar-refractivity contribution is 5.03. The Morgan fingerprint density at radius 2 is 2.62 bits per heavy atom. The second-order valence-electron chi connectivity index (χ2n) is 3.50. The van der Waals surface area contributed by atoms with Gasteiger partial charge in [-0.2, -0.15) is 15.0 Å². The van der Waals surface area contributed by atoms with E-state index in [-0.39, 0.29) is 0 Å². The summed E-state index contributed by atoms with van der Waals surface area (Å²) in [4.78, 5) is 1.75. The van der Waals surface area contributed by atoms with Gasteiger partial charge in [0.05, 0.1) is 18.4 Å². The van der Waals surface area contributed by atoms with Crippen molar-refractivity contribution in [3.8, 4) is 0 Å². The van der Waals surface area contributed by atoms with Gasteiger partial charge < -0.3 is 5.32 Å².